The molecule has 0 bridgehead atoms. The Kier molecular flexibility index (Phi) is 5.62. The van der Waals surface area contributed by atoms with Crippen molar-refractivity contribution in [1.82, 2.24) is 15.5 Å². The summed E-state index contributed by atoms with van der Waals surface area (Å²) in [7, 11) is 0. The number of amides is 2. The van der Waals surface area contributed by atoms with Gasteiger partial charge in [-0.2, -0.15) is 4.98 Å². The van der Waals surface area contributed by atoms with Crippen LogP contribution in [-0.4, -0.2) is 28.5 Å². The van der Waals surface area contributed by atoms with Crippen molar-refractivity contribution in [1.29, 1.82) is 0 Å². The van der Waals surface area contributed by atoms with Gasteiger partial charge >= 0.3 is 11.8 Å². The lowest BCUT2D eigenvalue weighted by atomic mass is 10.2. The summed E-state index contributed by atoms with van der Waals surface area (Å²) >= 11 is 0. The zero-order valence-electron chi connectivity index (χ0n) is 13.7. The predicted octanol–water partition coefficient (Wildman–Crippen LogP) is 1.94. The molecular formula is C16H19FN4O3. The van der Waals surface area contributed by atoms with Crippen molar-refractivity contribution in [2.75, 3.05) is 11.9 Å². The zero-order valence-corrected chi connectivity index (χ0v) is 13.7. The molecule has 1 aromatic carbocycles. The summed E-state index contributed by atoms with van der Waals surface area (Å²) in [6, 6.07) is 3.96. The van der Waals surface area contributed by atoms with Gasteiger partial charge in [0.2, 0.25) is 5.89 Å². The second kappa shape index (κ2) is 7.67. The molecule has 0 unspecified atom stereocenters. The third-order valence-corrected chi connectivity index (χ3v) is 3.28. The molecule has 24 heavy (non-hydrogen) atoms. The van der Waals surface area contributed by atoms with Gasteiger partial charge in [0.1, 0.15) is 5.82 Å². The summed E-state index contributed by atoms with van der Waals surface area (Å²) in [5.41, 5.74) is 0.915. The van der Waals surface area contributed by atoms with E-state index < -0.39 is 17.6 Å². The number of rotatable bonds is 5. The Morgan fingerprint density at radius 3 is 2.71 bits per heavy atom. The first-order valence-electron chi connectivity index (χ1n) is 7.54. The number of aryl methyl sites for hydroxylation is 1. The molecule has 0 saturated heterocycles. The quantitative estimate of drug-likeness (QED) is 0.815. The lowest BCUT2D eigenvalue weighted by Gasteiger charge is -2.08. The first-order chi connectivity index (χ1) is 11.4. The van der Waals surface area contributed by atoms with Crippen LogP contribution in [0.4, 0.5) is 10.1 Å². The molecule has 2 N–H and O–H groups in total. The van der Waals surface area contributed by atoms with Crippen LogP contribution in [0, 0.1) is 12.7 Å². The van der Waals surface area contributed by atoms with Gasteiger partial charge in [-0.1, -0.05) is 25.1 Å². The molecule has 0 aliphatic carbocycles. The topological polar surface area (TPSA) is 97.1 Å². The molecule has 0 saturated carbocycles. The first-order valence-corrected chi connectivity index (χ1v) is 7.54. The smallest absolute Gasteiger partial charge is 0.313 e. The number of halogens is 1. The Morgan fingerprint density at radius 1 is 1.29 bits per heavy atom. The highest BCUT2D eigenvalue weighted by Gasteiger charge is 2.15. The number of anilines is 1. The summed E-state index contributed by atoms with van der Waals surface area (Å²) in [6.07, 6.45) is 0.317. The molecule has 0 atom stereocenters. The maximum absolute atomic E-state index is 13.2. The highest BCUT2D eigenvalue weighted by Crippen LogP contribution is 2.15. The molecule has 128 valence electrons. The number of hydrogen-bond donors (Lipinski definition) is 2. The van der Waals surface area contributed by atoms with Crippen LogP contribution in [0.25, 0.3) is 0 Å². The van der Waals surface area contributed by atoms with Gasteiger partial charge in [0, 0.05) is 24.6 Å². The summed E-state index contributed by atoms with van der Waals surface area (Å²) in [6.45, 7) is 5.76. The minimum atomic E-state index is -0.864. The zero-order chi connectivity index (χ0) is 17.7. The number of nitrogens with one attached hydrogen (secondary N) is 2. The molecule has 0 fully saturated rings. The van der Waals surface area contributed by atoms with Crippen molar-refractivity contribution in [3.63, 3.8) is 0 Å². The standard InChI is InChI=1S/C16H19FN4O3/c1-9(2)14-20-13(24-21-14)6-7-18-15(22)16(23)19-12-8-11(17)5-4-10(12)3/h4-5,8-9H,6-7H2,1-3H3,(H,18,22)(H,19,23). The minimum Gasteiger partial charge on any atom is -0.347 e. The monoisotopic (exact) mass is 334 g/mol. The van der Waals surface area contributed by atoms with Crippen molar-refractivity contribution < 1.29 is 18.5 Å². The Morgan fingerprint density at radius 2 is 2.04 bits per heavy atom. The van der Waals surface area contributed by atoms with E-state index in [0.29, 0.717) is 23.7 Å². The van der Waals surface area contributed by atoms with Gasteiger partial charge in [-0.15, -0.1) is 0 Å². The molecule has 8 heteroatoms. The largest absolute Gasteiger partial charge is 0.347 e. The van der Waals surface area contributed by atoms with E-state index in [2.05, 4.69) is 20.8 Å². The molecule has 0 spiro atoms. The van der Waals surface area contributed by atoms with Crippen LogP contribution >= 0.6 is 0 Å². The average Bonchev–Trinajstić information content (AvgIpc) is 3.00. The van der Waals surface area contributed by atoms with E-state index >= 15 is 0 Å². The lowest BCUT2D eigenvalue weighted by molar-refractivity contribution is -0.136. The molecule has 2 amide bonds. The number of nitrogens with zero attached hydrogens (tertiary/aromatic N) is 2. The van der Waals surface area contributed by atoms with Crippen molar-refractivity contribution >= 4 is 17.5 Å². The van der Waals surface area contributed by atoms with E-state index in [9.17, 15) is 14.0 Å². The van der Waals surface area contributed by atoms with Crippen LogP contribution in [0.5, 0.6) is 0 Å². The van der Waals surface area contributed by atoms with E-state index in [-0.39, 0.29) is 18.2 Å². The van der Waals surface area contributed by atoms with Crippen LogP contribution in [0.3, 0.4) is 0 Å². The van der Waals surface area contributed by atoms with Gasteiger partial charge in [0.05, 0.1) is 0 Å². The van der Waals surface area contributed by atoms with Crippen molar-refractivity contribution in [2.24, 2.45) is 0 Å². The van der Waals surface area contributed by atoms with Gasteiger partial charge in [-0.3, -0.25) is 9.59 Å². The number of carbonyl (C=O) groups is 2. The SMILES string of the molecule is Cc1ccc(F)cc1NC(=O)C(=O)NCCc1nc(C(C)C)no1. The highest BCUT2D eigenvalue weighted by atomic mass is 19.1. The molecule has 7 nitrogen and oxygen atoms in total. The molecule has 0 aliphatic rings. The number of benzene rings is 1. The van der Waals surface area contributed by atoms with Crippen LogP contribution in [-0.2, 0) is 16.0 Å². The van der Waals surface area contributed by atoms with E-state index in [4.69, 9.17) is 4.52 Å². The number of hydrogen-bond acceptors (Lipinski definition) is 5. The fourth-order valence-corrected chi connectivity index (χ4v) is 1.88. The van der Waals surface area contributed by atoms with Crippen LogP contribution < -0.4 is 10.6 Å². The Labute approximate surface area is 138 Å². The molecule has 0 radical (unpaired) electrons. The highest BCUT2D eigenvalue weighted by molar-refractivity contribution is 6.39. The van der Waals surface area contributed by atoms with Crippen molar-refractivity contribution in [2.45, 2.75) is 33.1 Å². The molecule has 1 aromatic heterocycles. The molecule has 2 aromatic rings. The van der Waals surface area contributed by atoms with Gasteiger partial charge in [-0.25, -0.2) is 4.39 Å². The first kappa shape index (κ1) is 17.6. The Hall–Kier alpha value is -2.77. The molecule has 2 rings (SSSR count). The van der Waals surface area contributed by atoms with Gasteiger partial charge in [0.25, 0.3) is 0 Å². The third-order valence-electron chi connectivity index (χ3n) is 3.28. The third kappa shape index (κ3) is 4.61. The maximum atomic E-state index is 13.2. The van der Waals surface area contributed by atoms with E-state index in [0.717, 1.165) is 6.07 Å². The Bertz CT molecular complexity index is 743. The number of aromatic nitrogens is 2. The summed E-state index contributed by atoms with van der Waals surface area (Å²) in [5.74, 6) is -1.04. The van der Waals surface area contributed by atoms with Crippen LogP contribution in [0.1, 0.15) is 37.0 Å². The number of carbonyl (C=O) groups excluding carboxylic acids is 2. The van der Waals surface area contributed by atoms with Crippen LogP contribution in [0.15, 0.2) is 22.7 Å². The van der Waals surface area contributed by atoms with Crippen LogP contribution in [0.2, 0.25) is 0 Å². The van der Waals surface area contributed by atoms with E-state index in [1.165, 1.54) is 12.1 Å². The van der Waals surface area contributed by atoms with Crippen molar-refractivity contribution in [3.8, 4) is 0 Å². The predicted molar refractivity (Wildman–Crippen MR) is 84.9 cm³/mol. The van der Waals surface area contributed by atoms with Gasteiger partial charge in [-0.05, 0) is 24.6 Å². The molecule has 0 aliphatic heterocycles. The fraction of sp³-hybridized carbons (Fsp3) is 0.375. The summed E-state index contributed by atoms with van der Waals surface area (Å²) in [4.78, 5) is 27.7. The Balaban J connectivity index is 1.83. The van der Waals surface area contributed by atoms with E-state index in [1.54, 1.807) is 6.92 Å². The second-order valence-corrected chi connectivity index (χ2v) is 5.62. The molecule has 1 heterocycles. The maximum Gasteiger partial charge on any atom is 0.313 e. The van der Waals surface area contributed by atoms with Gasteiger partial charge < -0.3 is 15.2 Å². The van der Waals surface area contributed by atoms with E-state index in [1.807, 2.05) is 13.8 Å². The normalized spacial score (nSPS) is 10.7. The second-order valence-electron chi connectivity index (χ2n) is 5.62. The summed E-state index contributed by atoms with van der Waals surface area (Å²) < 4.78 is 18.2. The van der Waals surface area contributed by atoms with Gasteiger partial charge in [0.15, 0.2) is 5.82 Å². The molecular weight excluding hydrogens is 315 g/mol. The van der Waals surface area contributed by atoms with Crippen molar-refractivity contribution in [3.05, 3.63) is 41.3 Å². The minimum absolute atomic E-state index is 0.150. The fourth-order valence-electron chi connectivity index (χ4n) is 1.88. The summed E-state index contributed by atoms with van der Waals surface area (Å²) in [5, 5.41) is 8.64. The lowest BCUT2D eigenvalue weighted by Crippen LogP contribution is -2.36. The average molecular weight is 334 g/mol.